The molecule has 0 saturated heterocycles. The molecule has 472 valence electrons. The maximum absolute atomic E-state index is 13.3. The number of thioether (sulfide) groups is 8. The zero-order valence-corrected chi connectivity index (χ0v) is 57.1. The van der Waals surface area contributed by atoms with Crippen LogP contribution in [0.3, 0.4) is 0 Å². The standard InChI is InChI=1S/C61H108O12S8/c1-5-9-13-17-21-25-37-78-57(66)33-45-74-41-29-53(62)70-49-61(50-71-54(63)30-42-75-46-34-58(67)79-38-26-22-18-14-10-6-2,51-72-55(64)31-43-76-47-35-59(68)80-39-27-23-19-15-11-7-3)52-73-56(65)32-44-77-48-36-60(69)81-40-28-24-20-16-12-8-4/h5-52H2,1-4H3. The molecule has 0 N–H and O–H groups in total. The average Bonchev–Trinajstić information content (AvgIpc) is 3.46. The Kier molecular flexibility index (Phi) is 60.5. The Hall–Kier alpha value is -0.640. The van der Waals surface area contributed by atoms with E-state index in [2.05, 4.69) is 27.7 Å². The van der Waals surface area contributed by atoms with Crippen molar-refractivity contribution in [3.63, 3.8) is 0 Å². The summed E-state index contributed by atoms with van der Waals surface area (Å²) in [5.74, 6) is 5.12. The van der Waals surface area contributed by atoms with E-state index >= 15 is 0 Å². The van der Waals surface area contributed by atoms with Gasteiger partial charge in [0.15, 0.2) is 20.5 Å². The summed E-state index contributed by atoms with van der Waals surface area (Å²) in [5, 5.41) is 0.584. The lowest BCUT2D eigenvalue weighted by molar-refractivity contribution is -0.170. The van der Waals surface area contributed by atoms with Crippen LogP contribution in [0.5, 0.6) is 0 Å². The van der Waals surface area contributed by atoms with Crippen LogP contribution in [0.1, 0.15) is 233 Å². The molecule has 0 aromatic heterocycles. The molecular formula is C61H108O12S8. The third-order valence-corrected chi connectivity index (χ3v) is 20.8. The van der Waals surface area contributed by atoms with Crippen LogP contribution in [-0.4, -0.2) is 140 Å². The summed E-state index contributed by atoms with van der Waals surface area (Å²) >= 11 is 11.5. The quantitative estimate of drug-likeness (QED) is 0.0319. The molecule has 0 amide bonds. The number of carbonyl (C=O) groups is 8. The zero-order valence-electron chi connectivity index (χ0n) is 50.6. The van der Waals surface area contributed by atoms with Crippen LogP contribution in [0, 0.1) is 5.41 Å². The van der Waals surface area contributed by atoms with Crippen molar-refractivity contribution in [2.24, 2.45) is 5.41 Å². The summed E-state index contributed by atoms with van der Waals surface area (Å²) in [6.45, 7) is 7.30. The molecule has 20 heteroatoms. The first-order chi connectivity index (χ1) is 39.4. The van der Waals surface area contributed by atoms with Gasteiger partial charge in [0.1, 0.15) is 31.8 Å². The fourth-order valence-corrected chi connectivity index (χ4v) is 14.9. The van der Waals surface area contributed by atoms with Crippen molar-refractivity contribution in [1.82, 2.24) is 0 Å². The van der Waals surface area contributed by atoms with Gasteiger partial charge >= 0.3 is 23.9 Å². The van der Waals surface area contributed by atoms with Crippen molar-refractivity contribution in [2.75, 3.05) is 95.5 Å². The van der Waals surface area contributed by atoms with E-state index in [-0.39, 0.29) is 72.6 Å². The molecule has 0 fully saturated rings. The van der Waals surface area contributed by atoms with Gasteiger partial charge in [0.25, 0.3) is 0 Å². The highest BCUT2D eigenvalue weighted by Crippen LogP contribution is 2.25. The second-order valence-electron chi connectivity index (χ2n) is 20.5. The van der Waals surface area contributed by atoms with Gasteiger partial charge in [-0.25, -0.2) is 0 Å². The number of ether oxygens (including phenoxy) is 4. The number of rotatable bonds is 60. The van der Waals surface area contributed by atoms with Crippen LogP contribution < -0.4 is 0 Å². The van der Waals surface area contributed by atoms with Crippen molar-refractivity contribution < 1.29 is 57.3 Å². The van der Waals surface area contributed by atoms with Crippen molar-refractivity contribution in [1.29, 1.82) is 0 Å². The second kappa shape index (κ2) is 61.0. The highest BCUT2D eigenvalue weighted by atomic mass is 32.2. The Labute approximate surface area is 525 Å². The van der Waals surface area contributed by atoms with E-state index in [0.717, 1.165) is 74.4 Å². The number of unbranched alkanes of at least 4 members (excludes halogenated alkanes) is 20. The van der Waals surface area contributed by atoms with Crippen LogP contribution in [0.15, 0.2) is 0 Å². The van der Waals surface area contributed by atoms with Crippen LogP contribution in [0.25, 0.3) is 0 Å². The van der Waals surface area contributed by atoms with Crippen LogP contribution in [-0.2, 0) is 57.3 Å². The van der Waals surface area contributed by atoms with Gasteiger partial charge in [0, 0.05) is 94.7 Å². The van der Waals surface area contributed by atoms with Crippen molar-refractivity contribution in [2.45, 2.75) is 233 Å². The molecule has 0 aliphatic heterocycles. The molecule has 0 atom stereocenters. The monoisotopic (exact) mass is 1290 g/mol. The molecule has 0 rings (SSSR count). The Morgan fingerprint density at radius 1 is 0.247 bits per heavy atom. The van der Waals surface area contributed by atoms with E-state index in [0.29, 0.717) is 71.7 Å². The third-order valence-electron chi connectivity index (χ3n) is 12.8. The second-order valence-corrected chi connectivity index (χ2v) is 30.1. The fraction of sp³-hybridized carbons (Fsp3) is 0.869. The lowest BCUT2D eigenvalue weighted by Crippen LogP contribution is -2.44. The smallest absolute Gasteiger partial charge is 0.306 e. The molecule has 0 radical (unpaired) electrons. The highest BCUT2D eigenvalue weighted by molar-refractivity contribution is 8.14. The van der Waals surface area contributed by atoms with Crippen molar-refractivity contribution >= 4 is 138 Å². The largest absolute Gasteiger partial charge is 0.465 e. The van der Waals surface area contributed by atoms with Gasteiger partial charge in [-0.2, -0.15) is 47.0 Å². The summed E-state index contributed by atoms with van der Waals surface area (Å²) in [6, 6.07) is 0. The summed E-state index contributed by atoms with van der Waals surface area (Å²) in [6.07, 6.45) is 30.0. The van der Waals surface area contributed by atoms with E-state index in [1.165, 1.54) is 197 Å². The minimum absolute atomic E-state index is 0.0467. The normalized spacial score (nSPS) is 11.4. The lowest BCUT2D eigenvalue weighted by Gasteiger charge is -2.31. The minimum atomic E-state index is -1.43. The van der Waals surface area contributed by atoms with Crippen molar-refractivity contribution in [3.05, 3.63) is 0 Å². The molecule has 0 aliphatic carbocycles. The van der Waals surface area contributed by atoms with E-state index < -0.39 is 29.3 Å². The Morgan fingerprint density at radius 2 is 0.432 bits per heavy atom. The molecule has 0 aromatic carbocycles. The van der Waals surface area contributed by atoms with Crippen LogP contribution >= 0.6 is 94.1 Å². The van der Waals surface area contributed by atoms with Gasteiger partial charge < -0.3 is 18.9 Å². The van der Waals surface area contributed by atoms with E-state index in [4.69, 9.17) is 18.9 Å². The molecule has 0 aromatic rings. The van der Waals surface area contributed by atoms with Gasteiger partial charge in [-0.3, -0.25) is 38.4 Å². The Bertz CT molecular complexity index is 1380. The van der Waals surface area contributed by atoms with E-state index in [1.807, 2.05) is 0 Å². The first-order valence-electron chi connectivity index (χ1n) is 31.0. The molecule has 0 aliphatic rings. The fourth-order valence-electron chi connectivity index (χ4n) is 7.69. The van der Waals surface area contributed by atoms with Gasteiger partial charge in [-0.15, -0.1) is 0 Å². The summed E-state index contributed by atoms with van der Waals surface area (Å²) in [4.78, 5) is 103. The molecule has 12 nitrogen and oxygen atoms in total. The van der Waals surface area contributed by atoms with Crippen LogP contribution in [0.4, 0.5) is 0 Å². The van der Waals surface area contributed by atoms with Gasteiger partial charge in [0.2, 0.25) is 0 Å². The minimum Gasteiger partial charge on any atom is -0.465 e. The zero-order chi connectivity index (χ0) is 59.5. The summed E-state index contributed by atoms with van der Waals surface area (Å²) in [7, 11) is 0. The molecule has 0 unspecified atom stereocenters. The van der Waals surface area contributed by atoms with Gasteiger partial charge in [-0.05, 0) is 25.7 Å². The number of carbonyl (C=O) groups excluding carboxylic acids is 8. The predicted molar refractivity (Wildman–Crippen MR) is 356 cm³/mol. The SMILES string of the molecule is CCCCCCCCSC(=O)CCSCCC(=O)OCC(COC(=O)CCSCCC(=O)SCCCCCCCC)(COC(=O)CCSCCC(=O)SCCCCCCCC)COC(=O)CCSCCC(=O)SCCCCCCCC. The maximum atomic E-state index is 13.3. The Balaban J connectivity index is 5.68. The summed E-state index contributed by atoms with van der Waals surface area (Å²) in [5.41, 5.74) is -1.43. The first-order valence-corrected chi connectivity index (χ1v) is 39.5. The van der Waals surface area contributed by atoms with Gasteiger partial charge in [-0.1, -0.05) is 203 Å². The third kappa shape index (κ3) is 56.9. The molecule has 0 heterocycles. The number of esters is 4. The molecule has 81 heavy (non-hydrogen) atoms. The van der Waals surface area contributed by atoms with Crippen molar-refractivity contribution in [3.8, 4) is 0 Å². The molecule has 0 spiro atoms. The number of hydrogen-bond acceptors (Lipinski definition) is 20. The Morgan fingerprint density at radius 3 is 0.642 bits per heavy atom. The highest BCUT2D eigenvalue weighted by Gasteiger charge is 2.38. The number of hydrogen-bond donors (Lipinski definition) is 0. The molecular weight excluding hydrogens is 1180 g/mol. The molecule has 0 saturated carbocycles. The maximum Gasteiger partial charge on any atom is 0.306 e. The van der Waals surface area contributed by atoms with E-state index in [9.17, 15) is 38.4 Å². The topological polar surface area (TPSA) is 173 Å². The van der Waals surface area contributed by atoms with Gasteiger partial charge in [0.05, 0.1) is 25.7 Å². The first kappa shape index (κ1) is 80.4. The lowest BCUT2D eigenvalue weighted by atomic mass is 9.92. The molecule has 0 bridgehead atoms. The average molecular weight is 1290 g/mol. The van der Waals surface area contributed by atoms with E-state index in [1.54, 1.807) is 0 Å². The predicted octanol–water partition coefficient (Wildman–Crippen LogP) is 16.7. The van der Waals surface area contributed by atoms with Crippen LogP contribution in [0.2, 0.25) is 0 Å². The summed E-state index contributed by atoms with van der Waals surface area (Å²) < 4.78 is 23.2.